The molecule has 0 saturated heterocycles. The normalized spacial score (nSPS) is 15.8. The van der Waals surface area contributed by atoms with Gasteiger partial charge in [-0.05, 0) is 67.9 Å². The van der Waals surface area contributed by atoms with Gasteiger partial charge in [-0.25, -0.2) is 0 Å². The highest BCUT2D eigenvalue weighted by molar-refractivity contribution is 6.04. The zero-order valence-electron chi connectivity index (χ0n) is 20.6. The minimum absolute atomic E-state index is 0.0869. The van der Waals surface area contributed by atoms with Crippen LogP contribution in [0.1, 0.15) is 28.5 Å². The molecule has 36 heavy (non-hydrogen) atoms. The molecule has 7 heteroatoms. The number of nitrogens with zero attached hydrogens (tertiary/aromatic N) is 2. The highest BCUT2D eigenvalue weighted by atomic mass is 16.5. The summed E-state index contributed by atoms with van der Waals surface area (Å²) in [7, 11) is 2.08. The van der Waals surface area contributed by atoms with Crippen LogP contribution in [0.5, 0.6) is 5.75 Å². The van der Waals surface area contributed by atoms with Gasteiger partial charge in [0.25, 0.3) is 5.91 Å². The van der Waals surface area contributed by atoms with Crippen molar-refractivity contribution in [3.63, 3.8) is 0 Å². The fraction of sp³-hybridized carbons (Fsp3) is 0.241. The van der Waals surface area contributed by atoms with Crippen LogP contribution in [0, 0.1) is 6.92 Å². The van der Waals surface area contributed by atoms with E-state index in [2.05, 4.69) is 29.4 Å². The Bertz CT molecular complexity index is 1440. The maximum absolute atomic E-state index is 13.4. The van der Waals surface area contributed by atoms with Gasteiger partial charge in [0.05, 0.1) is 29.4 Å². The summed E-state index contributed by atoms with van der Waals surface area (Å²) in [5, 5.41) is 13.6. The lowest BCUT2D eigenvalue weighted by Gasteiger charge is -2.37. The van der Waals surface area contributed by atoms with Gasteiger partial charge in [-0.3, -0.25) is 14.2 Å². The molecule has 184 valence electrons. The van der Waals surface area contributed by atoms with E-state index in [0.29, 0.717) is 22.4 Å². The first-order chi connectivity index (χ1) is 17.3. The number of anilines is 2. The van der Waals surface area contributed by atoms with Gasteiger partial charge in [-0.2, -0.15) is 0 Å². The third-order valence-electron chi connectivity index (χ3n) is 6.78. The Hall–Kier alpha value is -4.26. The molecule has 0 spiro atoms. The van der Waals surface area contributed by atoms with E-state index < -0.39 is 5.97 Å². The minimum Gasteiger partial charge on any atom is -0.489 e. The molecule has 0 fully saturated rings. The van der Waals surface area contributed by atoms with Crippen LogP contribution in [0.25, 0.3) is 10.9 Å². The van der Waals surface area contributed by atoms with Crippen LogP contribution in [0.3, 0.4) is 0 Å². The van der Waals surface area contributed by atoms with Gasteiger partial charge in [0.2, 0.25) is 0 Å². The third-order valence-corrected chi connectivity index (χ3v) is 6.78. The van der Waals surface area contributed by atoms with E-state index >= 15 is 0 Å². The number of hydrogen-bond donors (Lipinski definition) is 2. The predicted molar refractivity (Wildman–Crippen MR) is 141 cm³/mol. The molecule has 2 atom stereocenters. The van der Waals surface area contributed by atoms with Crippen molar-refractivity contribution in [2.75, 3.05) is 23.8 Å². The molecule has 5 rings (SSSR count). The molecule has 0 radical (unpaired) electrons. The lowest BCUT2D eigenvalue weighted by Crippen LogP contribution is -2.47. The van der Waals surface area contributed by atoms with Crippen LogP contribution >= 0.6 is 0 Å². The number of carbonyl (C=O) groups is 2. The van der Waals surface area contributed by atoms with Crippen LogP contribution in [0.2, 0.25) is 0 Å². The zero-order valence-corrected chi connectivity index (χ0v) is 20.6. The molecule has 4 aromatic rings. The van der Waals surface area contributed by atoms with Crippen molar-refractivity contribution in [1.29, 1.82) is 0 Å². The average Bonchev–Trinajstić information content (AvgIpc) is 3.20. The summed E-state index contributed by atoms with van der Waals surface area (Å²) in [4.78, 5) is 26.9. The van der Waals surface area contributed by atoms with Crippen molar-refractivity contribution in [2.24, 2.45) is 0 Å². The Morgan fingerprint density at radius 3 is 2.58 bits per heavy atom. The van der Waals surface area contributed by atoms with Crippen molar-refractivity contribution in [3.05, 3.63) is 89.6 Å². The molecule has 1 aromatic heterocycles. The van der Waals surface area contributed by atoms with Crippen molar-refractivity contribution in [3.8, 4) is 5.75 Å². The first kappa shape index (κ1) is 23.5. The van der Waals surface area contributed by atoms with E-state index in [1.165, 1.54) is 5.69 Å². The SMILES string of the molecule is Cc1cc2c(CC(=O)O)cccc2n1C(=O)c1ccc(OC(C)C2CN(C)c3ccccc3N2)cc1. The zero-order chi connectivity index (χ0) is 25.4. The Kier molecular flexibility index (Phi) is 6.14. The molecule has 2 heterocycles. The Labute approximate surface area is 209 Å². The molecular weight excluding hydrogens is 454 g/mol. The summed E-state index contributed by atoms with van der Waals surface area (Å²) in [5.41, 5.74) is 4.95. The van der Waals surface area contributed by atoms with Crippen LogP contribution in [0.4, 0.5) is 11.4 Å². The fourth-order valence-corrected chi connectivity index (χ4v) is 4.95. The van der Waals surface area contributed by atoms with Gasteiger partial charge in [0, 0.05) is 30.2 Å². The monoisotopic (exact) mass is 483 g/mol. The van der Waals surface area contributed by atoms with Crippen LogP contribution in [-0.2, 0) is 11.2 Å². The number of carbonyl (C=O) groups excluding carboxylic acids is 1. The predicted octanol–water partition coefficient (Wildman–Crippen LogP) is 4.96. The minimum atomic E-state index is -0.900. The molecule has 1 aliphatic heterocycles. The molecule has 2 unspecified atom stereocenters. The molecule has 7 nitrogen and oxygen atoms in total. The maximum Gasteiger partial charge on any atom is 0.307 e. The number of aryl methyl sites for hydroxylation is 1. The first-order valence-corrected chi connectivity index (χ1v) is 12.0. The van der Waals surface area contributed by atoms with E-state index in [1.54, 1.807) is 28.8 Å². The number of hydrogen-bond acceptors (Lipinski definition) is 5. The number of carboxylic acids is 1. The Morgan fingerprint density at radius 1 is 1.08 bits per heavy atom. The number of likely N-dealkylation sites (N-methyl/N-ethyl adjacent to an activating group) is 1. The lowest BCUT2D eigenvalue weighted by molar-refractivity contribution is -0.136. The number of carboxylic acid groups (broad SMARTS) is 1. The maximum atomic E-state index is 13.4. The summed E-state index contributed by atoms with van der Waals surface area (Å²) < 4.78 is 7.86. The van der Waals surface area contributed by atoms with E-state index in [1.807, 2.05) is 50.2 Å². The summed E-state index contributed by atoms with van der Waals surface area (Å²) >= 11 is 0. The van der Waals surface area contributed by atoms with Gasteiger partial charge in [0.15, 0.2) is 0 Å². The number of fused-ring (bicyclic) bond motifs is 2. The summed E-state index contributed by atoms with van der Waals surface area (Å²) in [6.07, 6.45) is -0.179. The topological polar surface area (TPSA) is 83.8 Å². The van der Waals surface area contributed by atoms with Crippen LogP contribution < -0.4 is 15.0 Å². The number of nitrogens with one attached hydrogen (secondary N) is 1. The fourth-order valence-electron chi connectivity index (χ4n) is 4.95. The van der Waals surface area contributed by atoms with Crippen LogP contribution in [-0.4, -0.2) is 47.3 Å². The highest BCUT2D eigenvalue weighted by Crippen LogP contribution is 2.31. The van der Waals surface area contributed by atoms with Crippen molar-refractivity contribution in [2.45, 2.75) is 32.4 Å². The van der Waals surface area contributed by atoms with E-state index in [9.17, 15) is 14.7 Å². The summed E-state index contributed by atoms with van der Waals surface area (Å²) in [6, 6.07) is 22.8. The van der Waals surface area contributed by atoms with Crippen molar-refractivity contribution < 1.29 is 19.4 Å². The number of aliphatic carboxylic acids is 1. The smallest absolute Gasteiger partial charge is 0.307 e. The number of ether oxygens (including phenoxy) is 1. The molecular formula is C29H29N3O4. The van der Waals surface area contributed by atoms with Gasteiger partial charge in [-0.15, -0.1) is 0 Å². The second-order valence-corrected chi connectivity index (χ2v) is 9.34. The second kappa shape index (κ2) is 9.41. The molecule has 0 saturated carbocycles. The van der Waals surface area contributed by atoms with Crippen molar-refractivity contribution in [1.82, 2.24) is 4.57 Å². The molecule has 1 aliphatic rings. The molecule has 0 aliphatic carbocycles. The largest absolute Gasteiger partial charge is 0.489 e. The van der Waals surface area contributed by atoms with Gasteiger partial charge >= 0.3 is 5.97 Å². The molecule has 2 N–H and O–H groups in total. The van der Waals surface area contributed by atoms with E-state index in [0.717, 1.165) is 23.3 Å². The number of para-hydroxylation sites is 2. The third kappa shape index (κ3) is 4.40. The van der Waals surface area contributed by atoms with E-state index in [4.69, 9.17) is 4.74 Å². The Morgan fingerprint density at radius 2 is 1.83 bits per heavy atom. The van der Waals surface area contributed by atoms with Gasteiger partial charge in [0.1, 0.15) is 11.9 Å². The molecule has 0 amide bonds. The lowest BCUT2D eigenvalue weighted by atomic mass is 10.1. The van der Waals surface area contributed by atoms with Crippen molar-refractivity contribution >= 4 is 34.2 Å². The van der Waals surface area contributed by atoms with Gasteiger partial charge in [-0.1, -0.05) is 24.3 Å². The molecule has 3 aromatic carbocycles. The second-order valence-electron chi connectivity index (χ2n) is 9.34. The summed E-state index contributed by atoms with van der Waals surface area (Å²) in [5.74, 6) is -0.370. The standard InChI is InChI=1S/C29H29N3O4/c1-18-15-23-21(16-28(33)34)7-6-10-26(23)32(18)29(35)20-11-13-22(14-12-20)36-19(2)25-17-31(3)27-9-5-4-8-24(27)30-25/h4-15,19,25,30H,16-17H2,1-3H3,(H,33,34). The number of aromatic nitrogens is 1. The first-order valence-electron chi connectivity index (χ1n) is 12.0. The Balaban J connectivity index is 1.33. The van der Waals surface area contributed by atoms with Gasteiger partial charge < -0.3 is 20.1 Å². The summed E-state index contributed by atoms with van der Waals surface area (Å²) in [6.45, 7) is 4.72. The van der Waals surface area contributed by atoms with Crippen LogP contribution in [0.15, 0.2) is 72.8 Å². The van der Waals surface area contributed by atoms with E-state index in [-0.39, 0.29) is 24.5 Å². The highest BCUT2D eigenvalue weighted by Gasteiger charge is 2.27. The average molecular weight is 484 g/mol. The number of rotatable bonds is 6. The molecule has 0 bridgehead atoms. The number of benzene rings is 3. The quantitative estimate of drug-likeness (QED) is 0.403.